The van der Waals surface area contributed by atoms with Gasteiger partial charge in [-0.2, -0.15) is 8.42 Å². The van der Waals surface area contributed by atoms with Crippen molar-refractivity contribution in [3.05, 3.63) is 52.8 Å². The molecule has 3 rings (SSSR count). The van der Waals surface area contributed by atoms with E-state index in [0.717, 1.165) is 29.5 Å². The molecule has 0 aliphatic rings. The second-order valence-corrected chi connectivity index (χ2v) is 8.70. The molecule has 2 aromatic carbocycles. The van der Waals surface area contributed by atoms with Crippen molar-refractivity contribution in [1.29, 1.82) is 0 Å². The predicted molar refractivity (Wildman–Crippen MR) is 105 cm³/mol. The Hall–Kier alpha value is -2.12. The number of unbranched alkanes of at least 4 members (excludes halogenated alkanes) is 1. The molecule has 5 nitrogen and oxygen atoms in total. The number of methoxy groups -OCH3 is 1. The van der Waals surface area contributed by atoms with Crippen LogP contribution in [0, 0.1) is 0 Å². The van der Waals surface area contributed by atoms with Crippen LogP contribution in [0.2, 0.25) is 0 Å². The van der Waals surface area contributed by atoms with Crippen LogP contribution >= 0.6 is 11.3 Å². The summed E-state index contributed by atoms with van der Waals surface area (Å²) in [6.07, 6.45) is 3.33. The molecule has 0 atom stereocenters. The maximum atomic E-state index is 12.6. The molecule has 0 amide bonds. The maximum absolute atomic E-state index is 12.6. The van der Waals surface area contributed by atoms with Crippen molar-refractivity contribution in [2.75, 3.05) is 7.11 Å². The molecule has 0 aliphatic heterocycles. The van der Waals surface area contributed by atoms with Crippen LogP contribution < -0.4 is 9.54 Å². The Bertz CT molecular complexity index is 1080. The van der Waals surface area contributed by atoms with Crippen LogP contribution in [0.3, 0.4) is 0 Å². The second kappa shape index (κ2) is 7.63. The Balaban J connectivity index is 2.03. The largest absolute Gasteiger partial charge is 0.497 e. The van der Waals surface area contributed by atoms with E-state index in [2.05, 4.69) is 23.5 Å². The third-order valence-electron chi connectivity index (χ3n) is 4.25. The zero-order valence-electron chi connectivity index (χ0n) is 15.1. The molecule has 0 fully saturated rings. The Labute approximate surface area is 157 Å². The molecule has 1 heterocycles. The van der Waals surface area contributed by atoms with E-state index in [-0.39, 0.29) is 4.90 Å². The fourth-order valence-electron chi connectivity index (χ4n) is 2.71. The first-order valence-corrected chi connectivity index (χ1v) is 10.7. The number of aryl methyl sites for hydroxylation is 2. The fraction of sp³-hybridized carbons (Fsp3) is 0.316. The van der Waals surface area contributed by atoms with Gasteiger partial charge in [-0.3, -0.25) is 0 Å². The summed E-state index contributed by atoms with van der Waals surface area (Å²) in [6, 6.07) is 12.5. The highest BCUT2D eigenvalue weighted by molar-refractivity contribution is 7.90. The Morgan fingerprint density at radius 2 is 1.88 bits per heavy atom. The Morgan fingerprint density at radius 3 is 2.54 bits per heavy atom. The van der Waals surface area contributed by atoms with Crippen LogP contribution in [0.5, 0.6) is 5.75 Å². The van der Waals surface area contributed by atoms with Gasteiger partial charge in [-0.05, 0) is 54.8 Å². The minimum atomic E-state index is -3.77. The van der Waals surface area contributed by atoms with Crippen molar-refractivity contribution in [3.63, 3.8) is 0 Å². The van der Waals surface area contributed by atoms with Gasteiger partial charge in [0.15, 0.2) is 0 Å². The number of fused-ring (bicyclic) bond motifs is 1. The number of thiazole rings is 1. The number of ether oxygens (including phenoxy) is 1. The first-order valence-electron chi connectivity index (χ1n) is 8.48. The SMILES string of the molecule is CCCCc1ccc2c(c1)sc(=NS(=O)(=O)c1ccc(OC)cc1)n2C. The van der Waals surface area contributed by atoms with Gasteiger partial charge in [0.05, 0.1) is 22.2 Å². The van der Waals surface area contributed by atoms with Gasteiger partial charge < -0.3 is 9.30 Å². The van der Waals surface area contributed by atoms with E-state index in [1.54, 1.807) is 19.2 Å². The van der Waals surface area contributed by atoms with Gasteiger partial charge in [-0.25, -0.2) is 0 Å². The van der Waals surface area contributed by atoms with Crippen molar-refractivity contribution in [2.45, 2.75) is 31.1 Å². The van der Waals surface area contributed by atoms with Gasteiger partial charge in [0.1, 0.15) is 5.75 Å². The number of hydrogen-bond donors (Lipinski definition) is 0. The van der Waals surface area contributed by atoms with Crippen molar-refractivity contribution >= 4 is 31.6 Å². The molecule has 7 heteroatoms. The summed E-state index contributed by atoms with van der Waals surface area (Å²) in [5.41, 5.74) is 2.25. The van der Waals surface area contributed by atoms with Crippen molar-refractivity contribution in [1.82, 2.24) is 4.57 Å². The lowest BCUT2D eigenvalue weighted by Crippen LogP contribution is -2.13. The smallest absolute Gasteiger partial charge is 0.285 e. The quantitative estimate of drug-likeness (QED) is 0.642. The Kier molecular flexibility index (Phi) is 5.48. The lowest BCUT2D eigenvalue weighted by atomic mass is 10.1. The summed E-state index contributed by atoms with van der Waals surface area (Å²) >= 11 is 1.39. The molecule has 1 aromatic heterocycles. The number of sulfonamides is 1. The van der Waals surface area contributed by atoms with Crippen molar-refractivity contribution < 1.29 is 13.2 Å². The molecule has 0 aliphatic carbocycles. The molecule has 0 N–H and O–H groups in total. The zero-order valence-corrected chi connectivity index (χ0v) is 16.7. The highest BCUT2D eigenvalue weighted by Gasteiger charge is 2.14. The zero-order chi connectivity index (χ0) is 18.7. The molecular formula is C19H22N2O3S2. The van der Waals surface area contributed by atoms with Gasteiger partial charge in [0, 0.05) is 7.05 Å². The molecule has 26 heavy (non-hydrogen) atoms. The number of benzene rings is 2. The fourth-order valence-corrected chi connectivity index (χ4v) is 5.02. The van der Waals surface area contributed by atoms with Gasteiger partial charge in [0.2, 0.25) is 4.80 Å². The minimum Gasteiger partial charge on any atom is -0.497 e. The summed E-state index contributed by atoms with van der Waals surface area (Å²) in [4.78, 5) is 0.614. The van der Waals surface area contributed by atoms with E-state index in [0.29, 0.717) is 10.6 Å². The average molecular weight is 391 g/mol. The standard InChI is InChI=1S/C19H22N2O3S2/c1-4-5-6-14-7-12-17-18(13-14)25-19(21(17)2)20-26(22,23)16-10-8-15(24-3)9-11-16/h7-13H,4-6H2,1-3H3. The molecule has 0 radical (unpaired) electrons. The Morgan fingerprint density at radius 1 is 1.15 bits per heavy atom. The summed E-state index contributed by atoms with van der Waals surface area (Å²) in [5.74, 6) is 0.607. The third kappa shape index (κ3) is 3.83. The molecule has 0 saturated heterocycles. The normalized spacial score (nSPS) is 12.7. The van der Waals surface area contributed by atoms with E-state index in [9.17, 15) is 8.42 Å². The highest BCUT2D eigenvalue weighted by Crippen LogP contribution is 2.21. The lowest BCUT2D eigenvalue weighted by molar-refractivity contribution is 0.414. The molecular weight excluding hydrogens is 368 g/mol. The predicted octanol–water partition coefficient (Wildman–Crippen LogP) is 3.88. The number of hydrogen-bond acceptors (Lipinski definition) is 4. The first kappa shape index (κ1) is 18.7. The average Bonchev–Trinajstić information content (AvgIpc) is 2.94. The number of nitrogens with zero attached hydrogens (tertiary/aromatic N) is 2. The van der Waals surface area contributed by atoms with E-state index < -0.39 is 10.0 Å². The summed E-state index contributed by atoms with van der Waals surface area (Å²) < 4.78 is 37.2. The first-order chi connectivity index (χ1) is 12.4. The minimum absolute atomic E-state index is 0.152. The van der Waals surface area contributed by atoms with Crippen LogP contribution in [-0.4, -0.2) is 20.1 Å². The van der Waals surface area contributed by atoms with Crippen molar-refractivity contribution in [3.8, 4) is 5.75 Å². The van der Waals surface area contributed by atoms with Gasteiger partial charge in [0.25, 0.3) is 10.0 Å². The van der Waals surface area contributed by atoms with Gasteiger partial charge in [-0.15, -0.1) is 4.40 Å². The van der Waals surface area contributed by atoms with E-state index in [1.165, 1.54) is 29.0 Å². The topological polar surface area (TPSA) is 60.7 Å². The van der Waals surface area contributed by atoms with Crippen molar-refractivity contribution in [2.24, 2.45) is 11.4 Å². The monoisotopic (exact) mass is 390 g/mol. The molecule has 0 unspecified atom stereocenters. The van der Waals surface area contributed by atoms with E-state index in [4.69, 9.17) is 4.74 Å². The highest BCUT2D eigenvalue weighted by atomic mass is 32.2. The molecule has 0 spiro atoms. The van der Waals surface area contributed by atoms with Gasteiger partial charge in [-0.1, -0.05) is 30.7 Å². The summed E-state index contributed by atoms with van der Waals surface area (Å²) in [6.45, 7) is 2.17. The van der Waals surface area contributed by atoms with E-state index >= 15 is 0 Å². The van der Waals surface area contributed by atoms with Crippen LogP contribution in [-0.2, 0) is 23.5 Å². The number of rotatable bonds is 6. The van der Waals surface area contributed by atoms with Crippen LogP contribution in [0.15, 0.2) is 51.8 Å². The molecule has 3 aromatic rings. The van der Waals surface area contributed by atoms with Crippen LogP contribution in [0.4, 0.5) is 0 Å². The molecule has 138 valence electrons. The lowest BCUT2D eigenvalue weighted by Gasteiger charge is -2.02. The summed E-state index contributed by atoms with van der Waals surface area (Å²) in [5, 5.41) is 0. The third-order valence-corrected chi connectivity index (χ3v) is 6.74. The maximum Gasteiger partial charge on any atom is 0.285 e. The van der Waals surface area contributed by atoms with Crippen LogP contribution in [0.1, 0.15) is 25.3 Å². The van der Waals surface area contributed by atoms with Crippen LogP contribution in [0.25, 0.3) is 10.2 Å². The number of aromatic nitrogens is 1. The van der Waals surface area contributed by atoms with Gasteiger partial charge >= 0.3 is 0 Å². The second-order valence-electron chi connectivity index (χ2n) is 6.09. The van der Waals surface area contributed by atoms with E-state index in [1.807, 2.05) is 17.7 Å². The molecule has 0 bridgehead atoms. The molecule has 0 saturated carbocycles. The summed E-state index contributed by atoms with van der Waals surface area (Å²) in [7, 11) is -0.392.